The van der Waals surface area contributed by atoms with Crippen LogP contribution in [0.3, 0.4) is 0 Å². The Hall–Kier alpha value is -2.34. The van der Waals surface area contributed by atoms with Crippen molar-refractivity contribution < 1.29 is 18.4 Å². The standard InChI is InChI=1S/C18H13BrO5/c19-16-5-4-14(23-16)18(21)22-9-12-8-17(20)24-15-7-11-3-1-2-10(11)6-13(12)15/h4-8H,1-3,9H2. The molecule has 0 saturated heterocycles. The quantitative estimate of drug-likeness (QED) is 0.501. The van der Waals surface area contributed by atoms with Crippen molar-refractivity contribution in [3.05, 3.63) is 67.9 Å². The number of fused-ring (bicyclic) bond motifs is 2. The van der Waals surface area contributed by atoms with Crippen LogP contribution in [0.2, 0.25) is 0 Å². The molecule has 0 unspecified atom stereocenters. The molecule has 2 aromatic heterocycles. The minimum absolute atomic E-state index is 0.0158. The second-order valence-corrected chi connectivity index (χ2v) is 6.52. The maximum atomic E-state index is 12.0. The summed E-state index contributed by atoms with van der Waals surface area (Å²) < 4.78 is 16.2. The summed E-state index contributed by atoms with van der Waals surface area (Å²) >= 11 is 3.14. The van der Waals surface area contributed by atoms with E-state index in [4.69, 9.17) is 13.6 Å². The van der Waals surface area contributed by atoms with E-state index < -0.39 is 11.6 Å². The van der Waals surface area contributed by atoms with Gasteiger partial charge in [-0.05, 0) is 70.6 Å². The third-order valence-corrected chi connectivity index (χ3v) is 4.60. The van der Waals surface area contributed by atoms with Gasteiger partial charge >= 0.3 is 11.6 Å². The van der Waals surface area contributed by atoms with Crippen LogP contribution in [0.4, 0.5) is 0 Å². The summed E-state index contributed by atoms with van der Waals surface area (Å²) in [5.41, 5.74) is 3.20. The van der Waals surface area contributed by atoms with Crippen LogP contribution in [0, 0.1) is 0 Å². The highest BCUT2D eigenvalue weighted by Gasteiger charge is 2.17. The SMILES string of the molecule is O=C(OCc1cc(=O)oc2cc3c(cc12)CCC3)c1ccc(Br)o1. The molecule has 0 atom stereocenters. The fraction of sp³-hybridized carbons (Fsp3) is 0.222. The Labute approximate surface area is 145 Å². The molecule has 5 nitrogen and oxygen atoms in total. The molecular weight excluding hydrogens is 376 g/mol. The normalized spacial score (nSPS) is 13.2. The molecule has 0 spiro atoms. The number of rotatable bonds is 3. The van der Waals surface area contributed by atoms with Gasteiger partial charge in [0.2, 0.25) is 5.76 Å². The van der Waals surface area contributed by atoms with Gasteiger partial charge < -0.3 is 13.6 Å². The van der Waals surface area contributed by atoms with Crippen LogP contribution in [0.25, 0.3) is 11.0 Å². The van der Waals surface area contributed by atoms with Crippen LogP contribution >= 0.6 is 15.9 Å². The number of halogens is 1. The van der Waals surface area contributed by atoms with E-state index in [-0.39, 0.29) is 12.4 Å². The van der Waals surface area contributed by atoms with Gasteiger partial charge in [-0.2, -0.15) is 0 Å². The predicted octanol–water partition coefficient (Wildman–Crippen LogP) is 3.99. The average Bonchev–Trinajstić information content (AvgIpc) is 3.18. The zero-order chi connectivity index (χ0) is 16.7. The second kappa shape index (κ2) is 5.94. The molecule has 122 valence electrons. The number of hydrogen-bond donors (Lipinski definition) is 0. The van der Waals surface area contributed by atoms with Crippen molar-refractivity contribution in [1.29, 1.82) is 0 Å². The van der Waals surface area contributed by atoms with Crippen molar-refractivity contribution in [1.82, 2.24) is 0 Å². The molecule has 6 heteroatoms. The number of aryl methyl sites for hydroxylation is 2. The van der Waals surface area contributed by atoms with Crippen LogP contribution in [-0.4, -0.2) is 5.97 Å². The van der Waals surface area contributed by atoms with Crippen LogP contribution in [-0.2, 0) is 24.2 Å². The van der Waals surface area contributed by atoms with Crippen LogP contribution in [0.15, 0.2) is 48.6 Å². The summed E-state index contributed by atoms with van der Waals surface area (Å²) in [4.78, 5) is 23.8. The minimum atomic E-state index is -0.580. The summed E-state index contributed by atoms with van der Waals surface area (Å²) in [7, 11) is 0. The highest BCUT2D eigenvalue weighted by Crippen LogP contribution is 2.29. The maximum Gasteiger partial charge on any atom is 0.374 e. The lowest BCUT2D eigenvalue weighted by Crippen LogP contribution is -2.07. The molecule has 1 aliphatic rings. The third-order valence-electron chi connectivity index (χ3n) is 4.18. The molecular formula is C18H13BrO5. The zero-order valence-electron chi connectivity index (χ0n) is 12.6. The van der Waals surface area contributed by atoms with Gasteiger partial charge in [0.1, 0.15) is 12.2 Å². The smallest absolute Gasteiger partial charge is 0.374 e. The lowest BCUT2D eigenvalue weighted by molar-refractivity contribution is 0.0436. The van der Waals surface area contributed by atoms with Crippen molar-refractivity contribution in [2.75, 3.05) is 0 Å². The second-order valence-electron chi connectivity index (χ2n) is 5.74. The van der Waals surface area contributed by atoms with E-state index in [2.05, 4.69) is 15.9 Å². The first-order valence-electron chi connectivity index (χ1n) is 7.61. The van der Waals surface area contributed by atoms with Crippen molar-refractivity contribution in [3.8, 4) is 0 Å². The zero-order valence-corrected chi connectivity index (χ0v) is 14.2. The topological polar surface area (TPSA) is 69.7 Å². The van der Waals surface area contributed by atoms with Crippen LogP contribution < -0.4 is 5.63 Å². The van der Waals surface area contributed by atoms with Gasteiger partial charge in [-0.3, -0.25) is 0 Å². The van der Waals surface area contributed by atoms with Gasteiger partial charge in [0.15, 0.2) is 4.67 Å². The van der Waals surface area contributed by atoms with Crippen molar-refractivity contribution in [2.24, 2.45) is 0 Å². The highest BCUT2D eigenvalue weighted by molar-refractivity contribution is 9.10. The number of furan rings is 1. The maximum absolute atomic E-state index is 12.0. The van der Waals surface area contributed by atoms with Crippen LogP contribution in [0.1, 0.15) is 33.7 Å². The van der Waals surface area contributed by atoms with E-state index in [0.29, 0.717) is 15.8 Å². The van der Waals surface area contributed by atoms with E-state index in [1.807, 2.05) is 12.1 Å². The Morgan fingerprint density at radius 2 is 1.92 bits per heavy atom. The number of benzene rings is 1. The fourth-order valence-corrected chi connectivity index (χ4v) is 3.36. The monoisotopic (exact) mass is 388 g/mol. The first kappa shape index (κ1) is 15.2. The van der Waals surface area contributed by atoms with E-state index in [1.165, 1.54) is 23.3 Å². The van der Waals surface area contributed by atoms with Gasteiger partial charge in [0.05, 0.1) is 0 Å². The number of carbonyl (C=O) groups is 1. The van der Waals surface area contributed by atoms with Crippen molar-refractivity contribution in [3.63, 3.8) is 0 Å². The Morgan fingerprint density at radius 1 is 1.12 bits per heavy atom. The fourth-order valence-electron chi connectivity index (χ4n) is 3.05. The molecule has 0 saturated carbocycles. The Kier molecular flexibility index (Phi) is 3.76. The summed E-state index contributed by atoms with van der Waals surface area (Å²) in [5.74, 6) is -0.474. The molecule has 0 radical (unpaired) electrons. The van der Waals surface area contributed by atoms with Gasteiger partial charge in [0.25, 0.3) is 0 Å². The van der Waals surface area contributed by atoms with E-state index in [1.54, 1.807) is 6.07 Å². The molecule has 24 heavy (non-hydrogen) atoms. The summed E-state index contributed by atoms with van der Waals surface area (Å²) in [6, 6.07) is 8.47. The summed E-state index contributed by atoms with van der Waals surface area (Å²) in [5, 5.41) is 0.809. The molecule has 0 bridgehead atoms. The van der Waals surface area contributed by atoms with Crippen molar-refractivity contribution in [2.45, 2.75) is 25.9 Å². The van der Waals surface area contributed by atoms with E-state index >= 15 is 0 Å². The Balaban J connectivity index is 1.66. The van der Waals surface area contributed by atoms with Gasteiger partial charge in [-0.25, -0.2) is 9.59 Å². The molecule has 1 aromatic carbocycles. The largest absolute Gasteiger partial charge is 0.455 e. The number of esters is 1. The van der Waals surface area contributed by atoms with Crippen molar-refractivity contribution >= 4 is 32.9 Å². The summed E-state index contributed by atoms with van der Waals surface area (Å²) in [6.45, 7) is -0.0158. The molecule has 0 amide bonds. The van der Waals surface area contributed by atoms with Gasteiger partial charge in [0, 0.05) is 17.0 Å². The highest BCUT2D eigenvalue weighted by atomic mass is 79.9. The number of ether oxygens (including phenoxy) is 1. The first-order chi connectivity index (χ1) is 11.6. The Morgan fingerprint density at radius 3 is 2.67 bits per heavy atom. The van der Waals surface area contributed by atoms with E-state index in [9.17, 15) is 9.59 Å². The molecule has 0 fully saturated rings. The molecule has 4 rings (SSSR count). The predicted molar refractivity (Wildman–Crippen MR) is 90.0 cm³/mol. The van der Waals surface area contributed by atoms with E-state index in [0.717, 1.165) is 24.6 Å². The first-order valence-corrected chi connectivity index (χ1v) is 8.40. The van der Waals surface area contributed by atoms with Crippen LogP contribution in [0.5, 0.6) is 0 Å². The Bertz CT molecular complexity index is 998. The lowest BCUT2D eigenvalue weighted by atomic mass is 10.0. The molecule has 1 aliphatic carbocycles. The van der Waals surface area contributed by atoms with Gasteiger partial charge in [-0.15, -0.1) is 0 Å². The lowest BCUT2D eigenvalue weighted by Gasteiger charge is -2.08. The third kappa shape index (κ3) is 2.78. The number of hydrogen-bond acceptors (Lipinski definition) is 5. The summed E-state index contributed by atoms with van der Waals surface area (Å²) in [6.07, 6.45) is 3.12. The minimum Gasteiger partial charge on any atom is -0.455 e. The number of carbonyl (C=O) groups excluding carboxylic acids is 1. The average molecular weight is 389 g/mol. The molecule has 2 heterocycles. The molecule has 0 aliphatic heterocycles. The molecule has 3 aromatic rings. The van der Waals surface area contributed by atoms with Gasteiger partial charge in [-0.1, -0.05) is 0 Å². The molecule has 0 N–H and O–H groups in total.